The number of nitrogens with zero attached hydrogens (tertiary/aromatic N) is 2. The van der Waals surface area contributed by atoms with E-state index in [0.717, 1.165) is 16.8 Å². The third-order valence-electron chi connectivity index (χ3n) is 4.38. The summed E-state index contributed by atoms with van der Waals surface area (Å²) in [5.74, 6) is -0.527. The number of rotatable bonds is 1. The van der Waals surface area contributed by atoms with Crippen molar-refractivity contribution in [3.05, 3.63) is 65.6 Å². The highest BCUT2D eigenvalue weighted by Gasteiger charge is 2.22. The maximum absolute atomic E-state index is 14.7. The lowest BCUT2D eigenvalue weighted by molar-refractivity contribution is -0.660. The Hall–Kier alpha value is -3.19. The lowest BCUT2D eigenvalue weighted by atomic mass is 10.00. The van der Waals surface area contributed by atoms with Gasteiger partial charge in [-0.1, -0.05) is 12.1 Å². The summed E-state index contributed by atoms with van der Waals surface area (Å²) in [6, 6.07) is 14.7. The van der Waals surface area contributed by atoms with Crippen molar-refractivity contribution < 1.29 is 13.4 Å². The summed E-state index contributed by atoms with van der Waals surface area (Å²) in [4.78, 5) is 0. The molecule has 3 nitrogen and oxygen atoms in total. The molecule has 0 atom stereocenters. The van der Waals surface area contributed by atoms with Gasteiger partial charge in [0, 0.05) is 17.5 Å². The number of hydrogen-bond acceptors (Lipinski definition) is 2. The van der Waals surface area contributed by atoms with E-state index in [9.17, 15) is 4.39 Å². The first-order valence-corrected chi connectivity index (χ1v) is 7.61. The molecule has 0 saturated carbocycles. The van der Waals surface area contributed by atoms with Crippen molar-refractivity contribution in [1.82, 2.24) is 0 Å². The van der Waals surface area contributed by atoms with Gasteiger partial charge in [0.15, 0.2) is 12.0 Å². The number of pyridine rings is 1. The van der Waals surface area contributed by atoms with Crippen LogP contribution in [-0.2, 0) is 7.05 Å². The van der Waals surface area contributed by atoms with E-state index >= 15 is 0 Å². The molecule has 24 heavy (non-hydrogen) atoms. The van der Waals surface area contributed by atoms with Gasteiger partial charge in [-0.25, -0.2) is 8.96 Å². The lowest BCUT2D eigenvalue weighted by Crippen LogP contribution is -2.30. The molecular formula is C20H14FN2O+. The van der Waals surface area contributed by atoms with E-state index in [1.807, 2.05) is 61.1 Å². The minimum atomic E-state index is -0.527. The van der Waals surface area contributed by atoms with Crippen molar-refractivity contribution in [3.63, 3.8) is 0 Å². The van der Waals surface area contributed by atoms with E-state index in [-0.39, 0.29) is 5.56 Å². The maximum atomic E-state index is 14.7. The van der Waals surface area contributed by atoms with Gasteiger partial charge in [-0.2, -0.15) is 5.26 Å². The molecule has 0 aliphatic heterocycles. The molecule has 2 aromatic heterocycles. The number of aryl methyl sites for hydroxylation is 2. The van der Waals surface area contributed by atoms with Crippen molar-refractivity contribution in [1.29, 1.82) is 5.26 Å². The molecule has 0 spiro atoms. The van der Waals surface area contributed by atoms with Crippen LogP contribution < -0.4 is 4.57 Å². The second-order valence-electron chi connectivity index (χ2n) is 5.85. The number of nitriles is 1. The first-order chi connectivity index (χ1) is 11.6. The van der Waals surface area contributed by atoms with Crippen molar-refractivity contribution in [2.24, 2.45) is 7.05 Å². The minimum absolute atomic E-state index is 0.0255. The molecule has 0 aliphatic rings. The predicted octanol–water partition coefficient (Wildman–Crippen LogP) is 4.40. The highest BCUT2D eigenvalue weighted by atomic mass is 19.1. The van der Waals surface area contributed by atoms with E-state index in [1.165, 1.54) is 6.07 Å². The zero-order chi connectivity index (χ0) is 16.8. The van der Waals surface area contributed by atoms with Crippen LogP contribution in [0.25, 0.3) is 33.2 Å². The van der Waals surface area contributed by atoms with Gasteiger partial charge in [-0.05, 0) is 30.7 Å². The zero-order valence-electron chi connectivity index (χ0n) is 13.3. The normalized spacial score (nSPS) is 11.1. The van der Waals surface area contributed by atoms with E-state index in [2.05, 4.69) is 0 Å². The second kappa shape index (κ2) is 5.17. The first kappa shape index (κ1) is 14.4. The molecule has 0 fully saturated rings. The van der Waals surface area contributed by atoms with Crippen LogP contribution in [0.1, 0.15) is 11.1 Å². The fourth-order valence-electron chi connectivity index (χ4n) is 3.18. The third-order valence-corrected chi connectivity index (χ3v) is 4.38. The average molecular weight is 317 g/mol. The topological polar surface area (TPSA) is 40.8 Å². The van der Waals surface area contributed by atoms with Gasteiger partial charge in [-0.3, -0.25) is 0 Å². The minimum Gasteiger partial charge on any atom is -0.455 e. The molecule has 0 radical (unpaired) electrons. The summed E-state index contributed by atoms with van der Waals surface area (Å²) < 4.78 is 22.7. The molecule has 2 heterocycles. The van der Waals surface area contributed by atoms with E-state index < -0.39 is 5.82 Å². The quantitative estimate of drug-likeness (QED) is 0.488. The molecule has 0 unspecified atom stereocenters. The Morgan fingerprint density at radius 3 is 2.71 bits per heavy atom. The molecule has 4 rings (SSSR count). The fraction of sp³-hybridized carbons (Fsp3) is 0.100. The van der Waals surface area contributed by atoms with Gasteiger partial charge in [-0.15, -0.1) is 0 Å². The molecule has 0 N–H and O–H groups in total. The molecule has 0 amide bonds. The SMILES string of the molecule is Cc1ccc2c(oc3ccc(C#N)c(F)c32)c1-c1cccc[n+]1C. The average Bonchev–Trinajstić information content (AvgIpc) is 2.95. The van der Waals surface area contributed by atoms with Crippen LogP contribution in [0.5, 0.6) is 0 Å². The predicted molar refractivity (Wildman–Crippen MR) is 89.7 cm³/mol. The Balaban J connectivity index is 2.19. The van der Waals surface area contributed by atoms with Crippen LogP contribution in [0.3, 0.4) is 0 Å². The zero-order valence-corrected chi connectivity index (χ0v) is 13.3. The first-order valence-electron chi connectivity index (χ1n) is 7.61. The number of furan rings is 1. The highest BCUT2D eigenvalue weighted by Crippen LogP contribution is 2.38. The number of halogens is 1. The van der Waals surface area contributed by atoms with Crippen LogP contribution in [0.15, 0.2) is 53.1 Å². The summed E-state index contributed by atoms with van der Waals surface area (Å²) >= 11 is 0. The largest absolute Gasteiger partial charge is 0.455 e. The Labute approximate surface area is 138 Å². The van der Waals surface area contributed by atoms with Gasteiger partial charge in [0.25, 0.3) is 0 Å². The van der Waals surface area contributed by atoms with Crippen molar-refractivity contribution >= 4 is 21.9 Å². The van der Waals surface area contributed by atoms with Crippen LogP contribution in [0.2, 0.25) is 0 Å². The fourth-order valence-corrected chi connectivity index (χ4v) is 3.18. The van der Waals surface area contributed by atoms with Crippen LogP contribution >= 0.6 is 0 Å². The Kier molecular flexibility index (Phi) is 3.10. The van der Waals surface area contributed by atoms with Crippen LogP contribution in [0, 0.1) is 24.1 Å². The number of hydrogen-bond donors (Lipinski definition) is 0. The summed E-state index contributed by atoms with van der Waals surface area (Å²) in [5.41, 5.74) is 4.08. The van der Waals surface area contributed by atoms with Crippen molar-refractivity contribution in [3.8, 4) is 17.3 Å². The molecule has 116 valence electrons. The smallest absolute Gasteiger partial charge is 0.216 e. The molecule has 2 aromatic carbocycles. The monoisotopic (exact) mass is 317 g/mol. The molecule has 0 aliphatic carbocycles. The molecule has 0 saturated heterocycles. The van der Waals surface area contributed by atoms with Crippen molar-refractivity contribution in [2.75, 3.05) is 0 Å². The van der Waals surface area contributed by atoms with E-state index in [0.29, 0.717) is 21.9 Å². The third kappa shape index (κ3) is 1.92. The number of benzene rings is 2. The van der Waals surface area contributed by atoms with Crippen LogP contribution in [-0.4, -0.2) is 0 Å². The van der Waals surface area contributed by atoms with Gasteiger partial charge in [0.05, 0.1) is 16.5 Å². The summed E-state index contributed by atoms with van der Waals surface area (Å²) in [7, 11) is 1.96. The van der Waals surface area contributed by atoms with Crippen molar-refractivity contribution in [2.45, 2.75) is 6.92 Å². The summed E-state index contributed by atoms with van der Waals surface area (Å²) in [6.45, 7) is 2.01. The Morgan fingerprint density at radius 1 is 1.12 bits per heavy atom. The van der Waals surface area contributed by atoms with E-state index in [4.69, 9.17) is 9.68 Å². The Bertz CT molecular complexity index is 1150. The molecule has 0 bridgehead atoms. The lowest BCUT2D eigenvalue weighted by Gasteiger charge is -2.05. The van der Waals surface area contributed by atoms with E-state index in [1.54, 1.807) is 6.07 Å². The number of aromatic nitrogens is 1. The van der Waals surface area contributed by atoms with Gasteiger partial charge >= 0.3 is 0 Å². The second-order valence-corrected chi connectivity index (χ2v) is 5.85. The molecule has 4 heteroatoms. The summed E-state index contributed by atoms with van der Waals surface area (Å²) in [5, 5.41) is 10.1. The van der Waals surface area contributed by atoms with Gasteiger partial charge in [0.2, 0.25) is 5.69 Å². The standard InChI is InChI=1S/C20H14FN2O/c1-12-6-8-14-18-16(9-7-13(11-22)19(18)21)24-20(14)17(12)15-5-3-4-10-23(15)2/h3-10H,1-2H3/q+1. The van der Waals surface area contributed by atoms with Gasteiger partial charge in [0.1, 0.15) is 24.3 Å². The van der Waals surface area contributed by atoms with Gasteiger partial charge < -0.3 is 4.42 Å². The number of fused-ring (bicyclic) bond motifs is 3. The Morgan fingerprint density at radius 2 is 1.96 bits per heavy atom. The molecular weight excluding hydrogens is 303 g/mol. The highest BCUT2D eigenvalue weighted by molar-refractivity contribution is 6.10. The summed E-state index contributed by atoms with van der Waals surface area (Å²) in [6.07, 6.45) is 1.96. The molecule has 4 aromatic rings. The van der Waals surface area contributed by atoms with Crippen LogP contribution in [0.4, 0.5) is 4.39 Å². The maximum Gasteiger partial charge on any atom is 0.216 e.